The Kier molecular flexibility index (Phi) is 2.64. The van der Waals surface area contributed by atoms with E-state index in [9.17, 15) is 0 Å². The lowest BCUT2D eigenvalue weighted by atomic mass is 10.1. The van der Waals surface area contributed by atoms with Crippen LogP contribution >= 0.6 is 0 Å². The maximum Gasteiger partial charge on any atom is 0.172 e. The van der Waals surface area contributed by atoms with Gasteiger partial charge in [0.05, 0.1) is 0 Å². The van der Waals surface area contributed by atoms with Crippen molar-refractivity contribution in [2.45, 2.75) is 6.23 Å². The van der Waals surface area contributed by atoms with Gasteiger partial charge in [-0.15, -0.1) is 0 Å². The van der Waals surface area contributed by atoms with Crippen LogP contribution in [0.2, 0.25) is 0 Å². The second kappa shape index (κ2) is 4.28. The highest BCUT2D eigenvalue weighted by atomic mass is 16.5. The molecule has 2 aliphatic heterocycles. The summed E-state index contributed by atoms with van der Waals surface area (Å²) < 4.78 is 5.98. The topological polar surface area (TPSA) is 24.5 Å². The van der Waals surface area contributed by atoms with Crippen molar-refractivity contribution in [1.29, 1.82) is 0 Å². The third-order valence-electron chi connectivity index (χ3n) is 3.12. The van der Waals surface area contributed by atoms with Crippen LogP contribution in [-0.4, -0.2) is 37.3 Å². The zero-order chi connectivity index (χ0) is 10.8. The molecular weight excluding hydrogens is 200 g/mol. The largest absolute Gasteiger partial charge is 0.471 e. The van der Waals surface area contributed by atoms with Crippen LogP contribution in [0.4, 0.5) is 0 Å². The number of ether oxygens (including phenoxy) is 1. The van der Waals surface area contributed by atoms with Crippen molar-refractivity contribution in [3.8, 4) is 5.75 Å². The van der Waals surface area contributed by atoms with Gasteiger partial charge in [-0.05, 0) is 12.1 Å². The van der Waals surface area contributed by atoms with Gasteiger partial charge in [0.1, 0.15) is 5.75 Å². The van der Waals surface area contributed by atoms with E-state index in [2.05, 4.69) is 28.4 Å². The molecular formula is C13H16N2O. The summed E-state index contributed by atoms with van der Waals surface area (Å²) in [5, 5.41) is 3.35. The average Bonchev–Trinajstić information content (AvgIpc) is 2.39. The number of fused-ring (bicyclic) bond motifs is 1. The van der Waals surface area contributed by atoms with E-state index in [4.69, 9.17) is 4.74 Å². The number of nitrogens with zero attached hydrogens (tertiary/aromatic N) is 1. The highest BCUT2D eigenvalue weighted by Gasteiger charge is 2.22. The molecule has 1 N–H and O–H groups in total. The molecule has 2 heterocycles. The monoisotopic (exact) mass is 216 g/mol. The molecule has 0 spiro atoms. The van der Waals surface area contributed by atoms with Crippen LogP contribution in [0.15, 0.2) is 30.3 Å². The predicted octanol–water partition coefficient (Wildman–Crippen LogP) is 1.32. The van der Waals surface area contributed by atoms with Crippen molar-refractivity contribution in [2.24, 2.45) is 0 Å². The highest BCUT2D eigenvalue weighted by Crippen LogP contribution is 2.26. The highest BCUT2D eigenvalue weighted by molar-refractivity contribution is 5.59. The molecule has 0 aliphatic carbocycles. The van der Waals surface area contributed by atoms with Gasteiger partial charge < -0.3 is 10.1 Å². The van der Waals surface area contributed by atoms with Gasteiger partial charge in [0, 0.05) is 31.7 Å². The second-order valence-electron chi connectivity index (χ2n) is 4.19. The molecule has 16 heavy (non-hydrogen) atoms. The Balaban J connectivity index is 1.77. The minimum absolute atomic E-state index is 0.108. The van der Waals surface area contributed by atoms with Crippen LogP contribution in [0.1, 0.15) is 5.56 Å². The molecule has 1 aromatic rings. The molecule has 0 radical (unpaired) electrons. The molecule has 1 aromatic carbocycles. The molecule has 3 nitrogen and oxygen atoms in total. The van der Waals surface area contributed by atoms with Crippen molar-refractivity contribution < 1.29 is 4.74 Å². The zero-order valence-corrected chi connectivity index (χ0v) is 9.23. The standard InChI is InChI=1S/C13H16N2O/c1-2-4-12-11(3-1)5-6-13(16-12)15-9-7-14-8-10-15/h1-6,13-14H,7-10H2. The number of nitrogens with one attached hydrogen (secondary N) is 1. The lowest BCUT2D eigenvalue weighted by Gasteiger charge is -2.34. The summed E-state index contributed by atoms with van der Waals surface area (Å²) in [5.74, 6) is 0.994. The van der Waals surface area contributed by atoms with Crippen LogP contribution in [0, 0.1) is 0 Å². The van der Waals surface area contributed by atoms with Crippen molar-refractivity contribution in [3.05, 3.63) is 35.9 Å². The van der Waals surface area contributed by atoms with Gasteiger partial charge in [0.25, 0.3) is 0 Å². The third-order valence-corrected chi connectivity index (χ3v) is 3.12. The Morgan fingerprint density at radius 1 is 1.19 bits per heavy atom. The number of benzene rings is 1. The summed E-state index contributed by atoms with van der Waals surface area (Å²) in [5.41, 5.74) is 1.17. The van der Waals surface area contributed by atoms with Crippen molar-refractivity contribution in [1.82, 2.24) is 10.2 Å². The van der Waals surface area contributed by atoms with Gasteiger partial charge in [-0.2, -0.15) is 0 Å². The first-order valence-electron chi connectivity index (χ1n) is 5.82. The molecule has 0 saturated carbocycles. The summed E-state index contributed by atoms with van der Waals surface area (Å²) in [4.78, 5) is 2.36. The van der Waals surface area contributed by atoms with Gasteiger partial charge in [-0.1, -0.05) is 24.3 Å². The maximum absolute atomic E-state index is 5.98. The first-order valence-corrected chi connectivity index (χ1v) is 5.82. The van der Waals surface area contributed by atoms with Gasteiger partial charge in [-0.25, -0.2) is 0 Å². The van der Waals surface area contributed by atoms with Gasteiger partial charge in [0.15, 0.2) is 6.23 Å². The fourth-order valence-corrected chi connectivity index (χ4v) is 2.21. The van der Waals surface area contributed by atoms with E-state index in [0.29, 0.717) is 0 Å². The Hall–Kier alpha value is -1.32. The van der Waals surface area contributed by atoms with Crippen molar-refractivity contribution in [2.75, 3.05) is 26.2 Å². The lowest BCUT2D eigenvalue weighted by molar-refractivity contribution is 0.0511. The van der Waals surface area contributed by atoms with Crippen molar-refractivity contribution in [3.63, 3.8) is 0 Å². The van der Waals surface area contributed by atoms with E-state index < -0.39 is 0 Å². The van der Waals surface area contributed by atoms with Gasteiger partial charge >= 0.3 is 0 Å². The molecule has 1 atom stereocenters. The Bertz CT molecular complexity index is 397. The molecule has 3 heteroatoms. The second-order valence-corrected chi connectivity index (χ2v) is 4.19. The Labute approximate surface area is 95.7 Å². The summed E-state index contributed by atoms with van der Waals surface area (Å²) in [7, 11) is 0. The fourth-order valence-electron chi connectivity index (χ4n) is 2.21. The molecule has 0 bridgehead atoms. The first-order chi connectivity index (χ1) is 7.93. The van der Waals surface area contributed by atoms with E-state index in [1.54, 1.807) is 0 Å². The number of piperazine rings is 1. The molecule has 1 saturated heterocycles. The molecule has 1 unspecified atom stereocenters. The minimum Gasteiger partial charge on any atom is -0.471 e. The molecule has 1 fully saturated rings. The summed E-state index contributed by atoms with van der Waals surface area (Å²) in [6.07, 6.45) is 4.41. The third kappa shape index (κ3) is 1.84. The SMILES string of the molecule is C1=CC(N2CCNCC2)Oc2ccccc21. The summed E-state index contributed by atoms with van der Waals surface area (Å²) in [6, 6.07) is 8.18. The lowest BCUT2D eigenvalue weighted by Crippen LogP contribution is -2.50. The summed E-state index contributed by atoms with van der Waals surface area (Å²) >= 11 is 0. The number of hydrogen-bond donors (Lipinski definition) is 1. The van der Waals surface area contributed by atoms with Crippen LogP contribution in [0.3, 0.4) is 0 Å². The molecule has 0 amide bonds. The van der Waals surface area contributed by atoms with E-state index in [1.807, 2.05) is 18.2 Å². The molecule has 84 valence electrons. The predicted molar refractivity (Wildman–Crippen MR) is 64.3 cm³/mol. The number of para-hydroxylation sites is 1. The van der Waals surface area contributed by atoms with E-state index >= 15 is 0 Å². The van der Waals surface area contributed by atoms with Crippen molar-refractivity contribution >= 4 is 6.08 Å². The van der Waals surface area contributed by atoms with Crippen LogP contribution in [-0.2, 0) is 0 Å². The quantitative estimate of drug-likeness (QED) is 0.766. The van der Waals surface area contributed by atoms with Crippen LogP contribution in [0.25, 0.3) is 6.08 Å². The molecule has 0 aromatic heterocycles. The van der Waals surface area contributed by atoms with E-state index in [-0.39, 0.29) is 6.23 Å². The molecule has 3 rings (SSSR count). The fraction of sp³-hybridized carbons (Fsp3) is 0.385. The minimum atomic E-state index is 0.108. The number of rotatable bonds is 1. The van der Waals surface area contributed by atoms with E-state index in [0.717, 1.165) is 31.9 Å². The maximum atomic E-state index is 5.98. The Morgan fingerprint density at radius 2 is 2.00 bits per heavy atom. The summed E-state index contributed by atoms with van der Waals surface area (Å²) in [6.45, 7) is 4.21. The average molecular weight is 216 g/mol. The zero-order valence-electron chi connectivity index (χ0n) is 9.23. The Morgan fingerprint density at radius 3 is 2.88 bits per heavy atom. The van der Waals surface area contributed by atoms with Gasteiger partial charge in [0.2, 0.25) is 0 Å². The van der Waals surface area contributed by atoms with Crippen LogP contribution in [0.5, 0.6) is 5.75 Å². The molecule has 2 aliphatic rings. The number of hydrogen-bond acceptors (Lipinski definition) is 3. The smallest absolute Gasteiger partial charge is 0.172 e. The van der Waals surface area contributed by atoms with E-state index in [1.165, 1.54) is 5.56 Å². The van der Waals surface area contributed by atoms with Crippen LogP contribution < -0.4 is 10.1 Å². The first kappa shape index (κ1) is 9.87. The normalized spacial score (nSPS) is 24.9. The van der Waals surface area contributed by atoms with Gasteiger partial charge in [-0.3, -0.25) is 4.90 Å².